The Labute approximate surface area is 131 Å². The molecule has 22 heavy (non-hydrogen) atoms. The number of carboxylic acid groups (broad SMARTS) is 1. The lowest BCUT2D eigenvalue weighted by Gasteiger charge is -2.46. The van der Waals surface area contributed by atoms with Gasteiger partial charge < -0.3 is 20.4 Å². The Morgan fingerprint density at radius 1 is 1.45 bits per heavy atom. The molecule has 0 radical (unpaired) electrons. The predicted molar refractivity (Wildman–Crippen MR) is 78.6 cm³/mol. The monoisotopic (exact) mass is 326 g/mol. The zero-order valence-electron chi connectivity index (χ0n) is 12.3. The van der Waals surface area contributed by atoms with Gasteiger partial charge in [0.2, 0.25) is 11.8 Å². The fourth-order valence-electron chi connectivity index (χ4n) is 3.52. The van der Waals surface area contributed by atoms with Crippen LogP contribution < -0.4 is 5.32 Å². The zero-order chi connectivity index (χ0) is 16.2. The van der Waals surface area contributed by atoms with Crippen molar-refractivity contribution in [2.75, 3.05) is 6.54 Å². The van der Waals surface area contributed by atoms with Crippen LogP contribution in [0.4, 0.5) is 0 Å². The largest absolute Gasteiger partial charge is 0.477 e. The van der Waals surface area contributed by atoms with Crippen LogP contribution in [0, 0.1) is 11.8 Å². The molecule has 3 aliphatic rings. The molecule has 3 aliphatic heterocycles. The number of carboxylic acids is 1. The highest BCUT2D eigenvalue weighted by molar-refractivity contribution is 8.03. The van der Waals surface area contributed by atoms with Gasteiger partial charge in [-0.05, 0) is 6.92 Å². The standard InChI is InChI=1S/C14H18N2O5S/c1-5-10-9(6(2)17)13(19)16(10)11(14(20)21)12(5)22-7-3-8(18)15-4-7/h5-7,9-10,17H,3-4H2,1-2H3,(H,15,18)(H,20,21)/t5-,6?,7?,9-,10-/m1/s1. The van der Waals surface area contributed by atoms with Crippen LogP contribution in [0.1, 0.15) is 20.3 Å². The molecule has 2 unspecified atom stereocenters. The first kappa shape index (κ1) is 15.4. The number of nitrogens with zero attached hydrogens (tertiary/aromatic N) is 1. The van der Waals surface area contributed by atoms with E-state index in [0.29, 0.717) is 17.9 Å². The topological polar surface area (TPSA) is 107 Å². The summed E-state index contributed by atoms with van der Waals surface area (Å²) in [5, 5.41) is 22.0. The predicted octanol–water partition coefficient (Wildman–Crippen LogP) is -0.238. The van der Waals surface area contributed by atoms with E-state index in [-0.39, 0.29) is 34.7 Å². The van der Waals surface area contributed by atoms with E-state index in [1.807, 2.05) is 6.92 Å². The van der Waals surface area contributed by atoms with Crippen LogP contribution in [0.25, 0.3) is 0 Å². The van der Waals surface area contributed by atoms with E-state index in [1.54, 1.807) is 6.92 Å². The molecule has 7 nitrogen and oxygen atoms in total. The van der Waals surface area contributed by atoms with Gasteiger partial charge in [-0.2, -0.15) is 0 Å². The van der Waals surface area contributed by atoms with E-state index in [0.717, 1.165) is 0 Å². The van der Waals surface area contributed by atoms with Gasteiger partial charge >= 0.3 is 5.97 Å². The van der Waals surface area contributed by atoms with Gasteiger partial charge in [0.05, 0.1) is 18.1 Å². The van der Waals surface area contributed by atoms with Crippen molar-refractivity contribution >= 4 is 29.5 Å². The Kier molecular flexibility index (Phi) is 3.68. The third-order valence-electron chi connectivity index (χ3n) is 4.54. The summed E-state index contributed by atoms with van der Waals surface area (Å²) in [6.07, 6.45) is -0.447. The first-order chi connectivity index (χ1) is 10.3. The van der Waals surface area contributed by atoms with E-state index in [1.165, 1.54) is 16.7 Å². The number of aliphatic carboxylic acids is 1. The number of hydrogen-bond acceptors (Lipinski definition) is 5. The SMILES string of the molecule is CC(O)[C@H]1C(=O)N2C(C(=O)O)=C(SC3CNC(=O)C3)[C@H](C)[C@H]12. The normalized spacial score (nSPS) is 35.3. The molecule has 2 fully saturated rings. The first-order valence-electron chi connectivity index (χ1n) is 7.25. The number of nitrogens with one attached hydrogen (secondary N) is 1. The molecule has 2 saturated heterocycles. The van der Waals surface area contributed by atoms with Crippen molar-refractivity contribution < 1.29 is 24.6 Å². The fourth-order valence-corrected chi connectivity index (χ4v) is 4.93. The third-order valence-corrected chi connectivity index (χ3v) is 6.03. The number of amides is 2. The average molecular weight is 326 g/mol. The molecule has 0 bridgehead atoms. The summed E-state index contributed by atoms with van der Waals surface area (Å²) >= 11 is 1.37. The van der Waals surface area contributed by atoms with Crippen molar-refractivity contribution in [1.82, 2.24) is 10.2 Å². The lowest BCUT2D eigenvalue weighted by atomic mass is 9.79. The summed E-state index contributed by atoms with van der Waals surface area (Å²) in [5.74, 6) is -2.20. The van der Waals surface area contributed by atoms with Crippen LogP contribution in [0.2, 0.25) is 0 Å². The molecular formula is C14H18N2O5S. The molecule has 0 saturated carbocycles. The van der Waals surface area contributed by atoms with Crippen molar-refractivity contribution in [3.8, 4) is 0 Å². The number of hydrogen-bond donors (Lipinski definition) is 3. The van der Waals surface area contributed by atoms with E-state index < -0.39 is 18.0 Å². The molecule has 120 valence electrons. The molecule has 0 aliphatic carbocycles. The van der Waals surface area contributed by atoms with Crippen molar-refractivity contribution in [2.45, 2.75) is 37.7 Å². The van der Waals surface area contributed by atoms with Gasteiger partial charge in [-0.15, -0.1) is 11.8 Å². The molecule has 0 spiro atoms. The van der Waals surface area contributed by atoms with Crippen LogP contribution in [0.15, 0.2) is 10.6 Å². The molecular weight excluding hydrogens is 308 g/mol. The fraction of sp³-hybridized carbons (Fsp3) is 0.643. The molecule has 3 heterocycles. The second-order valence-electron chi connectivity index (χ2n) is 6.02. The molecule has 0 aromatic carbocycles. The zero-order valence-corrected chi connectivity index (χ0v) is 13.1. The van der Waals surface area contributed by atoms with E-state index in [9.17, 15) is 24.6 Å². The second-order valence-corrected chi connectivity index (χ2v) is 7.36. The quantitative estimate of drug-likeness (QED) is 0.616. The maximum absolute atomic E-state index is 12.2. The minimum Gasteiger partial charge on any atom is -0.477 e. The van der Waals surface area contributed by atoms with E-state index >= 15 is 0 Å². The second kappa shape index (κ2) is 5.27. The third kappa shape index (κ3) is 2.13. The van der Waals surface area contributed by atoms with E-state index in [4.69, 9.17) is 0 Å². The lowest BCUT2D eigenvalue weighted by molar-refractivity contribution is -0.163. The number of carbonyl (C=O) groups excluding carboxylic acids is 2. The summed E-state index contributed by atoms with van der Waals surface area (Å²) in [6.45, 7) is 3.94. The van der Waals surface area contributed by atoms with Gasteiger partial charge in [0.25, 0.3) is 0 Å². The smallest absolute Gasteiger partial charge is 0.353 e. The van der Waals surface area contributed by atoms with Crippen LogP contribution in [-0.2, 0) is 14.4 Å². The molecule has 8 heteroatoms. The highest BCUT2D eigenvalue weighted by Crippen LogP contribution is 2.51. The summed E-state index contributed by atoms with van der Waals surface area (Å²) in [6, 6.07) is -0.300. The van der Waals surface area contributed by atoms with Crippen molar-refractivity contribution in [1.29, 1.82) is 0 Å². The van der Waals surface area contributed by atoms with Gasteiger partial charge in [0.15, 0.2) is 0 Å². The number of carbonyl (C=O) groups is 3. The number of rotatable bonds is 4. The number of aliphatic hydroxyl groups is 1. The Bertz CT molecular complexity index is 588. The minimum atomic E-state index is -1.13. The van der Waals surface area contributed by atoms with Crippen LogP contribution in [0.3, 0.4) is 0 Å². The number of aliphatic hydroxyl groups excluding tert-OH is 1. The van der Waals surface area contributed by atoms with Crippen LogP contribution in [-0.4, -0.2) is 56.8 Å². The van der Waals surface area contributed by atoms with Crippen molar-refractivity contribution in [3.05, 3.63) is 10.6 Å². The maximum atomic E-state index is 12.2. The first-order valence-corrected chi connectivity index (χ1v) is 8.12. The highest BCUT2D eigenvalue weighted by atomic mass is 32.2. The summed E-state index contributed by atoms with van der Waals surface area (Å²) < 4.78 is 0. The molecule has 5 atom stereocenters. The van der Waals surface area contributed by atoms with Crippen LogP contribution in [0.5, 0.6) is 0 Å². The lowest BCUT2D eigenvalue weighted by Crippen LogP contribution is -2.63. The van der Waals surface area contributed by atoms with Crippen LogP contribution >= 0.6 is 11.8 Å². The number of β-lactam (4-membered cyclic amide) rings is 1. The number of thioether (sulfide) groups is 1. The molecule has 0 aromatic heterocycles. The van der Waals surface area contributed by atoms with Gasteiger partial charge in [0.1, 0.15) is 5.70 Å². The molecule has 3 N–H and O–H groups in total. The van der Waals surface area contributed by atoms with E-state index in [2.05, 4.69) is 5.32 Å². The number of fused-ring (bicyclic) bond motifs is 1. The molecule has 3 rings (SSSR count). The van der Waals surface area contributed by atoms with Gasteiger partial charge in [-0.3, -0.25) is 9.59 Å². The average Bonchev–Trinajstić information content (AvgIpc) is 2.92. The Morgan fingerprint density at radius 2 is 2.14 bits per heavy atom. The van der Waals surface area contributed by atoms with Crippen molar-refractivity contribution in [3.63, 3.8) is 0 Å². The van der Waals surface area contributed by atoms with Gasteiger partial charge in [-0.25, -0.2) is 4.79 Å². The Hall–Kier alpha value is -1.54. The minimum absolute atomic E-state index is 0.0156. The Morgan fingerprint density at radius 3 is 2.64 bits per heavy atom. The summed E-state index contributed by atoms with van der Waals surface area (Å²) in [7, 11) is 0. The Balaban J connectivity index is 1.88. The van der Waals surface area contributed by atoms with Crippen molar-refractivity contribution in [2.24, 2.45) is 11.8 Å². The molecule has 0 aromatic rings. The maximum Gasteiger partial charge on any atom is 0.353 e. The molecule has 2 amide bonds. The summed E-state index contributed by atoms with van der Waals surface area (Å²) in [4.78, 5) is 37.0. The summed E-state index contributed by atoms with van der Waals surface area (Å²) in [5.41, 5.74) is 0.0174. The van der Waals surface area contributed by atoms with Gasteiger partial charge in [0, 0.05) is 29.0 Å². The van der Waals surface area contributed by atoms with Gasteiger partial charge in [-0.1, -0.05) is 6.92 Å². The highest BCUT2D eigenvalue weighted by Gasteiger charge is 2.60.